The third-order valence-electron chi connectivity index (χ3n) is 3.90. The lowest BCUT2D eigenvalue weighted by Crippen LogP contribution is -2.15. The van der Waals surface area contributed by atoms with Gasteiger partial charge < -0.3 is 15.5 Å². The van der Waals surface area contributed by atoms with Crippen LogP contribution in [-0.4, -0.2) is 46.6 Å². The van der Waals surface area contributed by atoms with Crippen molar-refractivity contribution >= 4 is 22.0 Å². The maximum Gasteiger partial charge on any atom is 0.328 e. The van der Waals surface area contributed by atoms with Gasteiger partial charge in [0, 0.05) is 36.7 Å². The van der Waals surface area contributed by atoms with E-state index in [1.807, 2.05) is 0 Å². The number of carbonyl (C=O) groups is 2. The molecule has 3 rings (SSSR count). The normalized spacial score (nSPS) is 11.1. The van der Waals surface area contributed by atoms with Gasteiger partial charge in [0.2, 0.25) is 0 Å². The molecule has 0 unspecified atom stereocenters. The SMILES string of the molecule is CNCc1cc(-c2ccccc2F)n(S(=O)(=O)c2ccccn2)c1.O=C(O)/C=C/C(=O)O. The van der Waals surface area contributed by atoms with E-state index in [0.29, 0.717) is 18.7 Å². The second-order valence-electron chi connectivity index (χ2n) is 6.22. The molecule has 0 saturated heterocycles. The molecule has 0 aliphatic carbocycles. The second kappa shape index (κ2) is 11.0. The summed E-state index contributed by atoms with van der Waals surface area (Å²) in [5, 5.41) is 18.5. The van der Waals surface area contributed by atoms with Crippen LogP contribution in [0.3, 0.4) is 0 Å². The number of rotatable bonds is 7. The van der Waals surface area contributed by atoms with Gasteiger partial charge in [-0.2, -0.15) is 8.42 Å². The van der Waals surface area contributed by atoms with E-state index < -0.39 is 27.8 Å². The van der Waals surface area contributed by atoms with Crippen molar-refractivity contribution in [2.75, 3.05) is 7.05 Å². The highest BCUT2D eigenvalue weighted by atomic mass is 32.2. The van der Waals surface area contributed by atoms with Crippen molar-refractivity contribution in [3.63, 3.8) is 0 Å². The van der Waals surface area contributed by atoms with Crippen LogP contribution in [0.1, 0.15) is 5.56 Å². The predicted octanol–water partition coefficient (Wildman–Crippen LogP) is 2.36. The number of carboxylic acid groups (broad SMARTS) is 2. The molecule has 168 valence electrons. The molecule has 0 bridgehead atoms. The van der Waals surface area contributed by atoms with Crippen molar-refractivity contribution < 1.29 is 32.6 Å². The number of aliphatic carboxylic acids is 2. The molecule has 3 N–H and O–H groups in total. The summed E-state index contributed by atoms with van der Waals surface area (Å²) in [6, 6.07) is 12.4. The van der Waals surface area contributed by atoms with Gasteiger partial charge in [-0.15, -0.1) is 0 Å². The number of pyridine rings is 1. The smallest absolute Gasteiger partial charge is 0.328 e. The number of benzene rings is 1. The Bertz CT molecular complexity index is 1210. The molecule has 0 amide bonds. The summed E-state index contributed by atoms with van der Waals surface area (Å²) in [5.74, 6) is -3.00. The first kappa shape index (κ1) is 24.4. The highest BCUT2D eigenvalue weighted by Crippen LogP contribution is 2.28. The van der Waals surface area contributed by atoms with Gasteiger partial charge in [-0.05, 0) is 42.9 Å². The quantitative estimate of drug-likeness (QED) is 0.456. The van der Waals surface area contributed by atoms with E-state index >= 15 is 0 Å². The van der Waals surface area contributed by atoms with Crippen LogP contribution in [0.4, 0.5) is 4.39 Å². The number of nitrogens with one attached hydrogen (secondary N) is 1. The fourth-order valence-electron chi connectivity index (χ4n) is 2.60. The molecule has 9 nitrogen and oxygen atoms in total. The first-order chi connectivity index (χ1) is 15.2. The van der Waals surface area contributed by atoms with Gasteiger partial charge in [0.25, 0.3) is 10.0 Å². The molecular formula is C21H20FN3O6S. The fourth-order valence-corrected chi connectivity index (χ4v) is 3.94. The molecule has 32 heavy (non-hydrogen) atoms. The third-order valence-corrected chi connectivity index (χ3v) is 5.49. The summed E-state index contributed by atoms with van der Waals surface area (Å²) in [7, 11) is -2.16. The summed E-state index contributed by atoms with van der Waals surface area (Å²) >= 11 is 0. The molecule has 11 heteroatoms. The zero-order valence-electron chi connectivity index (χ0n) is 16.8. The lowest BCUT2D eigenvalue weighted by Gasteiger charge is -2.10. The van der Waals surface area contributed by atoms with Crippen molar-refractivity contribution in [3.05, 3.63) is 84.5 Å². The third kappa shape index (κ3) is 6.33. The van der Waals surface area contributed by atoms with Gasteiger partial charge in [0.15, 0.2) is 5.03 Å². The molecule has 0 spiro atoms. The van der Waals surface area contributed by atoms with E-state index in [0.717, 1.165) is 9.54 Å². The van der Waals surface area contributed by atoms with Crippen molar-refractivity contribution in [1.29, 1.82) is 0 Å². The van der Waals surface area contributed by atoms with Crippen LogP contribution in [0.2, 0.25) is 0 Å². The predicted molar refractivity (Wildman–Crippen MR) is 114 cm³/mol. The van der Waals surface area contributed by atoms with E-state index in [4.69, 9.17) is 10.2 Å². The Labute approximate surface area is 183 Å². The summed E-state index contributed by atoms with van der Waals surface area (Å²) in [4.78, 5) is 23.0. The Morgan fingerprint density at radius 1 is 1.09 bits per heavy atom. The topological polar surface area (TPSA) is 139 Å². The van der Waals surface area contributed by atoms with Crippen LogP contribution in [0, 0.1) is 5.82 Å². The minimum atomic E-state index is -3.92. The van der Waals surface area contributed by atoms with Crippen LogP contribution in [0.25, 0.3) is 11.3 Å². The van der Waals surface area contributed by atoms with E-state index in [1.54, 1.807) is 43.4 Å². The average Bonchev–Trinajstić information content (AvgIpc) is 3.18. The first-order valence-electron chi connectivity index (χ1n) is 9.08. The van der Waals surface area contributed by atoms with Crippen molar-refractivity contribution in [2.24, 2.45) is 0 Å². The number of hydrogen-bond acceptors (Lipinski definition) is 6. The number of aromatic nitrogens is 2. The van der Waals surface area contributed by atoms with Crippen LogP contribution in [0.15, 0.2) is 78.1 Å². The molecule has 0 fully saturated rings. The molecule has 1 aromatic carbocycles. The van der Waals surface area contributed by atoms with Crippen molar-refractivity contribution in [2.45, 2.75) is 11.6 Å². The number of nitrogens with zero attached hydrogens (tertiary/aromatic N) is 2. The number of carboxylic acids is 2. The summed E-state index contributed by atoms with van der Waals surface area (Å²) in [6.07, 6.45) is 4.01. The molecule has 0 saturated carbocycles. The van der Waals surface area contributed by atoms with E-state index in [-0.39, 0.29) is 16.3 Å². The van der Waals surface area contributed by atoms with Crippen molar-refractivity contribution in [1.82, 2.24) is 14.3 Å². The molecule has 0 aliphatic heterocycles. The largest absolute Gasteiger partial charge is 0.478 e. The van der Waals surface area contributed by atoms with Gasteiger partial charge >= 0.3 is 11.9 Å². The first-order valence-corrected chi connectivity index (χ1v) is 10.5. The summed E-state index contributed by atoms with van der Waals surface area (Å²) < 4.78 is 41.1. The van der Waals surface area contributed by atoms with Gasteiger partial charge in [0.1, 0.15) is 5.82 Å². The summed E-state index contributed by atoms with van der Waals surface area (Å²) in [5.41, 5.74) is 1.22. The molecule has 0 radical (unpaired) electrons. The molecule has 2 aromatic heterocycles. The molecule has 0 aliphatic rings. The Balaban J connectivity index is 0.000000390. The van der Waals surface area contributed by atoms with Crippen molar-refractivity contribution in [3.8, 4) is 11.3 Å². The standard InChI is InChI=1S/C17H16FN3O2S.C4H4O4/c1-19-11-13-10-16(14-6-2-3-7-15(14)18)21(12-13)24(22,23)17-8-4-5-9-20-17;5-3(6)1-2-4(7)8/h2-10,12,19H,11H2,1H3;1-2H,(H,5,6)(H,7,8)/b;2-1+. The minimum absolute atomic E-state index is 0.0887. The zero-order chi connectivity index (χ0) is 23.7. The van der Waals surface area contributed by atoms with Crippen LogP contribution in [-0.2, 0) is 26.2 Å². The van der Waals surface area contributed by atoms with E-state index in [2.05, 4.69) is 10.3 Å². The van der Waals surface area contributed by atoms with Gasteiger partial charge in [-0.1, -0.05) is 18.2 Å². The summed E-state index contributed by atoms with van der Waals surface area (Å²) in [6.45, 7) is 0.464. The Kier molecular flexibility index (Phi) is 8.38. The van der Waals surface area contributed by atoms with Gasteiger partial charge in [0.05, 0.1) is 5.69 Å². The second-order valence-corrected chi connectivity index (χ2v) is 7.98. The van der Waals surface area contributed by atoms with E-state index in [9.17, 15) is 22.4 Å². The lowest BCUT2D eigenvalue weighted by molar-refractivity contribution is -0.134. The maximum absolute atomic E-state index is 14.2. The van der Waals surface area contributed by atoms with Gasteiger partial charge in [-0.3, -0.25) is 0 Å². The highest BCUT2D eigenvalue weighted by Gasteiger charge is 2.23. The van der Waals surface area contributed by atoms with Gasteiger partial charge in [-0.25, -0.2) is 22.9 Å². The highest BCUT2D eigenvalue weighted by molar-refractivity contribution is 7.90. The Hall–Kier alpha value is -3.83. The Morgan fingerprint density at radius 3 is 2.25 bits per heavy atom. The molecular weight excluding hydrogens is 441 g/mol. The maximum atomic E-state index is 14.2. The zero-order valence-corrected chi connectivity index (χ0v) is 17.7. The monoisotopic (exact) mass is 461 g/mol. The average molecular weight is 461 g/mol. The Morgan fingerprint density at radius 2 is 1.72 bits per heavy atom. The number of halogens is 1. The molecule has 2 heterocycles. The molecule has 3 aromatic rings. The van der Waals surface area contributed by atoms with Crippen LogP contribution >= 0.6 is 0 Å². The van der Waals surface area contributed by atoms with Crippen LogP contribution < -0.4 is 5.32 Å². The van der Waals surface area contributed by atoms with E-state index in [1.165, 1.54) is 24.5 Å². The minimum Gasteiger partial charge on any atom is -0.478 e. The van der Waals surface area contributed by atoms with Crippen LogP contribution in [0.5, 0.6) is 0 Å². The number of hydrogen-bond donors (Lipinski definition) is 3. The lowest BCUT2D eigenvalue weighted by atomic mass is 10.1. The molecule has 0 atom stereocenters. The fraction of sp³-hybridized carbons (Fsp3) is 0.0952.